The lowest BCUT2D eigenvalue weighted by atomic mass is 9.93. The van der Waals surface area contributed by atoms with Gasteiger partial charge in [0, 0.05) is 29.4 Å². The first kappa shape index (κ1) is 22.4. The molecule has 9 heteroatoms. The zero-order valence-electron chi connectivity index (χ0n) is 17.1. The number of carbonyl (C=O) groups excluding carboxylic acids is 1. The summed E-state index contributed by atoms with van der Waals surface area (Å²) in [5.74, 6) is -0.596. The molecule has 0 radical (unpaired) electrons. The molecular weight excluding hydrogens is 419 g/mol. The lowest BCUT2D eigenvalue weighted by Gasteiger charge is -2.20. The number of amides is 1. The maximum atomic E-state index is 14.0. The van der Waals surface area contributed by atoms with E-state index in [0.29, 0.717) is 16.7 Å². The summed E-state index contributed by atoms with van der Waals surface area (Å²) in [6, 6.07) is 14.9. The van der Waals surface area contributed by atoms with Crippen LogP contribution >= 0.6 is 0 Å². The summed E-state index contributed by atoms with van der Waals surface area (Å²) < 4.78 is 41.2. The maximum absolute atomic E-state index is 14.0. The Morgan fingerprint density at radius 3 is 2.42 bits per heavy atom. The van der Waals surface area contributed by atoms with E-state index < -0.39 is 21.4 Å². The Bertz CT molecular complexity index is 1180. The number of halogens is 1. The Balaban J connectivity index is 1.67. The van der Waals surface area contributed by atoms with Gasteiger partial charge >= 0.3 is 0 Å². The van der Waals surface area contributed by atoms with Crippen LogP contribution in [0.15, 0.2) is 71.8 Å². The van der Waals surface area contributed by atoms with Gasteiger partial charge in [-0.25, -0.2) is 17.8 Å². The molecule has 0 atom stereocenters. The Hall–Kier alpha value is -3.30. The van der Waals surface area contributed by atoms with Gasteiger partial charge < -0.3 is 11.1 Å². The number of hydrogen-bond donors (Lipinski definition) is 3. The van der Waals surface area contributed by atoms with E-state index in [2.05, 4.69) is 15.0 Å². The van der Waals surface area contributed by atoms with Crippen molar-refractivity contribution in [1.29, 1.82) is 0 Å². The number of benzene rings is 2. The topological polar surface area (TPSA) is 114 Å². The number of pyridine rings is 1. The number of aromatic nitrogens is 1. The first-order valence-corrected chi connectivity index (χ1v) is 10.9. The van der Waals surface area contributed by atoms with Crippen LogP contribution in [0.25, 0.3) is 0 Å². The Labute approximate surface area is 180 Å². The standard InChI is InChI=1S/C22H23FN4O3S/c1-22(2,24)18-13-15(6-11-19(18)23)14-26-21(28)16-7-9-17(10-8-16)31(29,30)27-20-5-3-4-12-25-20/h3-13H,14,24H2,1-2H3,(H,25,27)(H,26,28). The highest BCUT2D eigenvalue weighted by atomic mass is 32.2. The van der Waals surface area contributed by atoms with Crippen molar-refractivity contribution in [1.82, 2.24) is 10.3 Å². The van der Waals surface area contributed by atoms with Crippen molar-refractivity contribution in [3.8, 4) is 0 Å². The van der Waals surface area contributed by atoms with Gasteiger partial charge in [0.1, 0.15) is 11.6 Å². The van der Waals surface area contributed by atoms with Crippen molar-refractivity contribution in [2.75, 3.05) is 4.72 Å². The highest BCUT2D eigenvalue weighted by molar-refractivity contribution is 7.92. The van der Waals surface area contributed by atoms with Gasteiger partial charge in [-0.1, -0.05) is 12.1 Å². The average molecular weight is 443 g/mol. The molecule has 7 nitrogen and oxygen atoms in total. The minimum absolute atomic E-state index is 0.00283. The monoisotopic (exact) mass is 442 g/mol. The van der Waals surface area contributed by atoms with Crippen LogP contribution in [0.1, 0.15) is 35.3 Å². The quantitative estimate of drug-likeness (QED) is 0.520. The number of rotatable bonds is 7. The van der Waals surface area contributed by atoms with E-state index in [0.717, 1.165) is 0 Å². The van der Waals surface area contributed by atoms with E-state index in [9.17, 15) is 17.6 Å². The van der Waals surface area contributed by atoms with Gasteiger partial charge in [-0.05, 0) is 67.9 Å². The SMILES string of the molecule is CC(C)(N)c1cc(CNC(=O)c2ccc(S(=O)(=O)Nc3ccccn3)cc2)ccc1F. The largest absolute Gasteiger partial charge is 0.348 e. The summed E-state index contributed by atoms with van der Waals surface area (Å²) in [5.41, 5.74) is 6.48. The Morgan fingerprint density at radius 1 is 1.10 bits per heavy atom. The molecular formula is C22H23FN4O3S. The van der Waals surface area contributed by atoms with Crippen molar-refractivity contribution >= 4 is 21.7 Å². The third-order valence-corrected chi connectivity index (χ3v) is 5.88. The summed E-state index contributed by atoms with van der Waals surface area (Å²) >= 11 is 0. The van der Waals surface area contributed by atoms with Gasteiger partial charge in [0.05, 0.1) is 4.90 Å². The summed E-state index contributed by atoms with van der Waals surface area (Å²) in [5, 5.41) is 2.73. The van der Waals surface area contributed by atoms with E-state index in [1.54, 1.807) is 38.1 Å². The number of anilines is 1. The van der Waals surface area contributed by atoms with Gasteiger partial charge in [-0.15, -0.1) is 0 Å². The van der Waals surface area contributed by atoms with Gasteiger partial charge in [-0.2, -0.15) is 0 Å². The van der Waals surface area contributed by atoms with Crippen molar-refractivity contribution in [3.63, 3.8) is 0 Å². The zero-order chi connectivity index (χ0) is 22.6. The van der Waals surface area contributed by atoms with Gasteiger partial charge in [-0.3, -0.25) is 9.52 Å². The molecule has 1 heterocycles. The number of nitrogens with one attached hydrogen (secondary N) is 2. The second-order valence-corrected chi connectivity index (χ2v) is 9.25. The second kappa shape index (κ2) is 8.83. The number of nitrogens with two attached hydrogens (primary N) is 1. The molecule has 162 valence electrons. The third kappa shape index (κ3) is 5.65. The summed E-state index contributed by atoms with van der Waals surface area (Å²) in [6.45, 7) is 3.57. The number of carbonyl (C=O) groups is 1. The molecule has 31 heavy (non-hydrogen) atoms. The molecule has 3 rings (SSSR count). The van der Waals surface area contributed by atoms with Crippen LogP contribution in [-0.2, 0) is 22.1 Å². The van der Waals surface area contributed by atoms with Crippen molar-refractivity contribution in [2.24, 2.45) is 5.73 Å². The molecule has 4 N–H and O–H groups in total. The molecule has 0 aliphatic carbocycles. The normalized spacial score (nSPS) is 11.7. The van der Waals surface area contributed by atoms with E-state index in [1.807, 2.05) is 0 Å². The van der Waals surface area contributed by atoms with Crippen LogP contribution in [0, 0.1) is 5.82 Å². The van der Waals surface area contributed by atoms with Crippen LogP contribution in [0.4, 0.5) is 10.2 Å². The first-order chi connectivity index (χ1) is 14.6. The molecule has 0 saturated heterocycles. The van der Waals surface area contributed by atoms with E-state index in [-0.39, 0.29) is 23.2 Å². The molecule has 0 saturated carbocycles. The molecule has 0 spiro atoms. The van der Waals surface area contributed by atoms with Crippen LogP contribution < -0.4 is 15.8 Å². The molecule has 3 aromatic rings. The minimum atomic E-state index is -3.83. The maximum Gasteiger partial charge on any atom is 0.263 e. The van der Waals surface area contributed by atoms with Crippen molar-refractivity contribution in [3.05, 3.63) is 89.4 Å². The van der Waals surface area contributed by atoms with Crippen LogP contribution in [0.3, 0.4) is 0 Å². The molecule has 0 aliphatic rings. The molecule has 0 aliphatic heterocycles. The average Bonchev–Trinajstić information content (AvgIpc) is 2.72. The molecule has 2 aromatic carbocycles. The number of hydrogen-bond acceptors (Lipinski definition) is 5. The summed E-state index contributed by atoms with van der Waals surface area (Å²) in [7, 11) is -3.83. The molecule has 0 bridgehead atoms. The third-order valence-electron chi connectivity index (χ3n) is 4.51. The van der Waals surface area contributed by atoms with Gasteiger partial charge in [0.15, 0.2) is 0 Å². The van der Waals surface area contributed by atoms with Gasteiger partial charge in [0.25, 0.3) is 15.9 Å². The van der Waals surface area contributed by atoms with Crippen LogP contribution in [0.2, 0.25) is 0 Å². The van der Waals surface area contributed by atoms with Crippen molar-refractivity contribution < 1.29 is 17.6 Å². The zero-order valence-corrected chi connectivity index (χ0v) is 17.9. The smallest absolute Gasteiger partial charge is 0.263 e. The Kier molecular flexibility index (Phi) is 6.37. The highest BCUT2D eigenvalue weighted by Crippen LogP contribution is 2.22. The number of sulfonamides is 1. The lowest BCUT2D eigenvalue weighted by Crippen LogP contribution is -2.30. The van der Waals surface area contributed by atoms with Crippen LogP contribution in [0.5, 0.6) is 0 Å². The number of nitrogens with zero attached hydrogens (tertiary/aromatic N) is 1. The predicted octanol–water partition coefficient (Wildman–Crippen LogP) is 3.15. The fourth-order valence-electron chi connectivity index (χ4n) is 2.87. The fraction of sp³-hybridized carbons (Fsp3) is 0.182. The highest BCUT2D eigenvalue weighted by Gasteiger charge is 2.19. The predicted molar refractivity (Wildman–Crippen MR) is 116 cm³/mol. The van der Waals surface area contributed by atoms with Crippen molar-refractivity contribution in [2.45, 2.75) is 30.8 Å². The first-order valence-electron chi connectivity index (χ1n) is 9.46. The second-order valence-electron chi connectivity index (χ2n) is 7.56. The fourth-order valence-corrected chi connectivity index (χ4v) is 3.87. The van der Waals surface area contributed by atoms with Gasteiger partial charge in [0.2, 0.25) is 0 Å². The molecule has 0 fully saturated rings. The van der Waals surface area contributed by atoms with E-state index >= 15 is 0 Å². The minimum Gasteiger partial charge on any atom is -0.348 e. The summed E-state index contributed by atoms with van der Waals surface area (Å²) in [4.78, 5) is 16.4. The molecule has 1 aromatic heterocycles. The van der Waals surface area contributed by atoms with E-state index in [1.165, 1.54) is 42.6 Å². The lowest BCUT2D eigenvalue weighted by molar-refractivity contribution is 0.0951. The van der Waals surface area contributed by atoms with E-state index in [4.69, 9.17) is 5.73 Å². The summed E-state index contributed by atoms with van der Waals surface area (Å²) in [6.07, 6.45) is 1.48. The van der Waals surface area contributed by atoms with Crippen LogP contribution in [-0.4, -0.2) is 19.3 Å². The Morgan fingerprint density at radius 2 is 1.81 bits per heavy atom. The molecule has 1 amide bonds. The molecule has 0 unspecified atom stereocenters.